The van der Waals surface area contributed by atoms with Gasteiger partial charge in [-0.3, -0.25) is 19.4 Å². The van der Waals surface area contributed by atoms with E-state index >= 15 is 0 Å². The summed E-state index contributed by atoms with van der Waals surface area (Å²) in [6, 6.07) is 22.1. The Morgan fingerprint density at radius 1 is 0.854 bits per heavy atom. The van der Waals surface area contributed by atoms with Crippen LogP contribution in [0.2, 0.25) is 0 Å². The van der Waals surface area contributed by atoms with Crippen LogP contribution in [0, 0.1) is 0 Å². The molecule has 48 heavy (non-hydrogen) atoms. The standard InChI is InChI=1S/C38H41N5O5/c44-35-23-42(28-12-14-41(22-28)21-26-7-5-25(6-8-26)11-13-40-15-17-46-18-16-40)38(45)32-20-30-29-3-1-2-4-31(29)39-36(30)37(43(32)35)27-9-10-33-34(19-27)48-24-47-33/h1-10,19,28,32,37,39H,11-18,20-24H2/t28-,32+,37+/m0/s1. The summed E-state index contributed by atoms with van der Waals surface area (Å²) < 4.78 is 16.8. The minimum atomic E-state index is -0.563. The predicted molar refractivity (Wildman–Crippen MR) is 180 cm³/mol. The van der Waals surface area contributed by atoms with Crippen LogP contribution >= 0.6 is 0 Å². The molecule has 2 amide bonds. The van der Waals surface area contributed by atoms with Crippen LogP contribution in [0.15, 0.2) is 66.7 Å². The number of likely N-dealkylation sites (tertiary alicyclic amines) is 1. The van der Waals surface area contributed by atoms with Crippen LogP contribution in [0.25, 0.3) is 10.9 Å². The maximum atomic E-state index is 14.5. The van der Waals surface area contributed by atoms with Crippen molar-refractivity contribution in [3.63, 3.8) is 0 Å². The molecule has 9 rings (SSSR count). The number of nitrogens with zero attached hydrogens (tertiary/aromatic N) is 4. The Morgan fingerprint density at radius 2 is 1.67 bits per heavy atom. The van der Waals surface area contributed by atoms with Crippen LogP contribution < -0.4 is 9.47 Å². The van der Waals surface area contributed by atoms with Crippen LogP contribution in [0.4, 0.5) is 0 Å². The average Bonchev–Trinajstić information content (AvgIpc) is 3.88. The number of H-pyrrole nitrogens is 1. The van der Waals surface area contributed by atoms with E-state index in [1.54, 1.807) is 0 Å². The van der Waals surface area contributed by atoms with Crippen molar-refractivity contribution in [2.75, 3.05) is 59.3 Å². The molecule has 0 unspecified atom stereocenters. The number of para-hydroxylation sites is 1. The first-order chi connectivity index (χ1) is 23.6. The number of ether oxygens (including phenoxy) is 3. The van der Waals surface area contributed by atoms with Crippen molar-refractivity contribution in [1.82, 2.24) is 24.6 Å². The number of morpholine rings is 1. The average molecular weight is 648 g/mol. The molecule has 248 valence electrons. The van der Waals surface area contributed by atoms with E-state index in [-0.39, 0.29) is 31.2 Å². The maximum Gasteiger partial charge on any atom is 0.246 e. The van der Waals surface area contributed by atoms with Gasteiger partial charge in [-0.15, -0.1) is 0 Å². The van der Waals surface area contributed by atoms with Crippen LogP contribution in [0.3, 0.4) is 0 Å². The number of carbonyl (C=O) groups excluding carboxylic acids is 2. The monoisotopic (exact) mass is 647 g/mol. The van der Waals surface area contributed by atoms with Crippen molar-refractivity contribution in [2.24, 2.45) is 0 Å². The van der Waals surface area contributed by atoms with Crippen LogP contribution in [-0.4, -0.2) is 108 Å². The van der Waals surface area contributed by atoms with E-state index in [2.05, 4.69) is 51.2 Å². The third kappa shape index (κ3) is 5.32. The van der Waals surface area contributed by atoms with Gasteiger partial charge in [0.2, 0.25) is 18.6 Å². The number of nitrogens with one attached hydrogen (secondary N) is 1. The fraction of sp³-hybridized carbons (Fsp3) is 0.421. The lowest BCUT2D eigenvalue weighted by molar-refractivity contribution is -0.160. The van der Waals surface area contributed by atoms with E-state index in [1.807, 2.05) is 40.1 Å². The summed E-state index contributed by atoms with van der Waals surface area (Å²) in [4.78, 5) is 40.9. The number of rotatable bonds is 7. The van der Waals surface area contributed by atoms with Gasteiger partial charge in [-0.25, -0.2) is 0 Å². The van der Waals surface area contributed by atoms with Gasteiger partial charge >= 0.3 is 0 Å². The van der Waals surface area contributed by atoms with Gasteiger partial charge < -0.3 is 29.0 Å². The summed E-state index contributed by atoms with van der Waals surface area (Å²) in [6.45, 7) is 7.56. The first-order valence-electron chi connectivity index (χ1n) is 17.3. The molecular formula is C38H41N5O5. The maximum absolute atomic E-state index is 14.5. The Labute approximate surface area is 280 Å². The number of benzene rings is 3. The van der Waals surface area contributed by atoms with Crippen molar-refractivity contribution in [2.45, 2.75) is 43.9 Å². The summed E-state index contributed by atoms with van der Waals surface area (Å²) in [6.07, 6.45) is 2.41. The normalized spacial score (nSPS) is 24.4. The zero-order valence-corrected chi connectivity index (χ0v) is 27.1. The molecule has 10 heteroatoms. The lowest BCUT2D eigenvalue weighted by Gasteiger charge is -2.48. The molecule has 5 aliphatic rings. The predicted octanol–water partition coefficient (Wildman–Crippen LogP) is 3.73. The summed E-state index contributed by atoms with van der Waals surface area (Å²) in [5, 5.41) is 1.11. The number of carbonyl (C=O) groups is 2. The van der Waals surface area contributed by atoms with Crippen molar-refractivity contribution in [1.29, 1.82) is 0 Å². The van der Waals surface area contributed by atoms with E-state index in [1.165, 1.54) is 11.1 Å². The molecule has 6 heterocycles. The quantitative estimate of drug-likeness (QED) is 0.327. The van der Waals surface area contributed by atoms with E-state index in [0.29, 0.717) is 17.9 Å². The minimum Gasteiger partial charge on any atom is -0.454 e. The van der Waals surface area contributed by atoms with E-state index < -0.39 is 12.1 Å². The topological polar surface area (TPSA) is 90.6 Å². The van der Waals surface area contributed by atoms with Gasteiger partial charge in [-0.05, 0) is 53.3 Å². The number of hydrogen-bond acceptors (Lipinski definition) is 7. The zero-order chi connectivity index (χ0) is 32.2. The van der Waals surface area contributed by atoms with Crippen molar-refractivity contribution >= 4 is 22.7 Å². The molecule has 4 aromatic rings. The molecule has 10 nitrogen and oxygen atoms in total. The fourth-order valence-corrected chi connectivity index (χ4v) is 8.42. The Morgan fingerprint density at radius 3 is 2.54 bits per heavy atom. The van der Waals surface area contributed by atoms with Crippen LogP contribution in [0.5, 0.6) is 11.5 Å². The molecule has 0 saturated carbocycles. The summed E-state index contributed by atoms with van der Waals surface area (Å²) >= 11 is 0. The van der Waals surface area contributed by atoms with Gasteiger partial charge in [0.15, 0.2) is 11.5 Å². The number of fused-ring (bicyclic) bond motifs is 5. The van der Waals surface area contributed by atoms with Gasteiger partial charge in [0.25, 0.3) is 0 Å². The molecular weight excluding hydrogens is 606 g/mol. The van der Waals surface area contributed by atoms with Gasteiger partial charge in [-0.1, -0.05) is 48.5 Å². The fourth-order valence-electron chi connectivity index (χ4n) is 8.42. The molecule has 5 aliphatic heterocycles. The van der Waals surface area contributed by atoms with Crippen LogP contribution in [0.1, 0.15) is 40.4 Å². The lowest BCUT2D eigenvalue weighted by atomic mass is 9.85. The highest BCUT2D eigenvalue weighted by Gasteiger charge is 2.50. The Hall–Kier alpha value is -4.38. The van der Waals surface area contributed by atoms with Crippen molar-refractivity contribution in [3.8, 4) is 11.5 Å². The van der Waals surface area contributed by atoms with E-state index in [0.717, 1.165) is 93.0 Å². The molecule has 0 aliphatic carbocycles. The van der Waals surface area contributed by atoms with Crippen molar-refractivity contribution in [3.05, 3.63) is 94.7 Å². The highest BCUT2D eigenvalue weighted by molar-refractivity contribution is 5.98. The molecule has 3 atom stereocenters. The van der Waals surface area contributed by atoms with Gasteiger partial charge in [0.1, 0.15) is 12.6 Å². The number of aromatic amines is 1. The molecule has 0 bridgehead atoms. The third-order valence-corrected chi connectivity index (χ3v) is 10.9. The van der Waals surface area contributed by atoms with Crippen molar-refractivity contribution < 1.29 is 23.8 Å². The molecule has 0 spiro atoms. The summed E-state index contributed by atoms with van der Waals surface area (Å²) in [5.74, 6) is 1.39. The summed E-state index contributed by atoms with van der Waals surface area (Å²) in [7, 11) is 0. The lowest BCUT2D eigenvalue weighted by Crippen LogP contribution is -2.65. The molecule has 3 saturated heterocycles. The number of piperazine rings is 1. The second kappa shape index (κ2) is 12.3. The van der Waals surface area contributed by atoms with Crippen LogP contribution in [-0.2, 0) is 33.7 Å². The molecule has 3 fully saturated rings. The Balaban J connectivity index is 0.919. The Bertz CT molecular complexity index is 1850. The van der Waals surface area contributed by atoms with Gasteiger partial charge in [0, 0.05) is 68.3 Å². The van der Waals surface area contributed by atoms with E-state index in [4.69, 9.17) is 14.2 Å². The highest BCUT2D eigenvalue weighted by atomic mass is 16.7. The highest BCUT2D eigenvalue weighted by Crippen LogP contribution is 2.45. The molecule has 1 aromatic heterocycles. The minimum absolute atomic E-state index is 0.0160. The first-order valence-corrected chi connectivity index (χ1v) is 17.3. The summed E-state index contributed by atoms with van der Waals surface area (Å²) in [5.41, 5.74) is 6.64. The molecule has 1 N–H and O–H groups in total. The molecule has 0 radical (unpaired) electrons. The number of aromatic nitrogens is 1. The second-order valence-corrected chi connectivity index (χ2v) is 13.8. The Kier molecular flexibility index (Phi) is 7.59. The zero-order valence-electron chi connectivity index (χ0n) is 27.1. The van der Waals surface area contributed by atoms with Gasteiger partial charge in [0.05, 0.1) is 19.3 Å². The second-order valence-electron chi connectivity index (χ2n) is 13.8. The first kappa shape index (κ1) is 29.7. The molecule has 3 aromatic carbocycles. The third-order valence-electron chi connectivity index (χ3n) is 10.9. The number of amides is 2. The van der Waals surface area contributed by atoms with Gasteiger partial charge in [-0.2, -0.15) is 0 Å². The van der Waals surface area contributed by atoms with E-state index in [9.17, 15) is 9.59 Å². The smallest absolute Gasteiger partial charge is 0.246 e. The number of hydrogen-bond donors (Lipinski definition) is 1. The SMILES string of the molecule is O=C1[C@H]2Cc3c([nH]c4ccccc34)[C@@H](c3ccc4c(c3)OCO4)N2C(=O)CN1[C@H]1CCN(Cc2ccc(CCN3CCOCC3)cc2)C1. The largest absolute Gasteiger partial charge is 0.454 e.